The minimum Gasteiger partial charge on any atom is -0.396 e. The van der Waals surface area contributed by atoms with Crippen molar-refractivity contribution in [2.24, 2.45) is 5.73 Å². The first-order valence-corrected chi connectivity index (χ1v) is 4.21. The van der Waals surface area contributed by atoms with E-state index >= 15 is 0 Å². The summed E-state index contributed by atoms with van der Waals surface area (Å²) in [5.74, 6) is -2.26. The van der Waals surface area contributed by atoms with Gasteiger partial charge >= 0.3 is 0 Å². The van der Waals surface area contributed by atoms with E-state index in [-0.39, 0.29) is 23.5 Å². The molecule has 0 aliphatic rings. The first kappa shape index (κ1) is 11.4. The molecule has 1 aromatic carbocycles. The van der Waals surface area contributed by atoms with Crippen LogP contribution in [0.25, 0.3) is 0 Å². The predicted molar refractivity (Wildman–Crippen MR) is 53.0 cm³/mol. The first-order chi connectivity index (χ1) is 6.97. The highest BCUT2D eigenvalue weighted by Gasteiger charge is 2.16. The Morgan fingerprint density at radius 2 is 2.07 bits per heavy atom. The standard InChI is InChI=1S/C9H11F2N3O/c1-4(15)14-9-5(3-12)8(13)6(10)2-7(9)11/h2H,3,12-13H2,1H3,(H,14,15). The Kier molecular flexibility index (Phi) is 3.21. The summed E-state index contributed by atoms with van der Waals surface area (Å²) in [6, 6.07) is 0.611. The number of nitrogens with two attached hydrogens (primary N) is 2. The molecule has 0 aromatic heterocycles. The Labute approximate surface area is 85.2 Å². The van der Waals surface area contributed by atoms with Crippen molar-refractivity contribution in [3.05, 3.63) is 23.3 Å². The zero-order valence-electron chi connectivity index (χ0n) is 8.10. The lowest BCUT2D eigenvalue weighted by Gasteiger charge is -2.12. The number of hydrogen-bond donors (Lipinski definition) is 3. The SMILES string of the molecule is CC(=O)Nc1c(F)cc(F)c(N)c1CN. The molecule has 0 saturated heterocycles. The third-order valence-electron chi connectivity index (χ3n) is 1.88. The molecule has 0 aliphatic carbocycles. The molecule has 1 rings (SSSR count). The number of anilines is 2. The highest BCUT2D eigenvalue weighted by atomic mass is 19.1. The van der Waals surface area contributed by atoms with Gasteiger partial charge in [0, 0.05) is 25.1 Å². The number of amides is 1. The van der Waals surface area contributed by atoms with Crippen LogP contribution in [0.2, 0.25) is 0 Å². The van der Waals surface area contributed by atoms with Crippen LogP contribution in [0.5, 0.6) is 0 Å². The van der Waals surface area contributed by atoms with Crippen molar-refractivity contribution in [3.8, 4) is 0 Å². The van der Waals surface area contributed by atoms with Gasteiger partial charge in [-0.1, -0.05) is 0 Å². The fourth-order valence-corrected chi connectivity index (χ4v) is 1.21. The summed E-state index contributed by atoms with van der Waals surface area (Å²) in [4.78, 5) is 10.8. The first-order valence-electron chi connectivity index (χ1n) is 4.21. The zero-order valence-corrected chi connectivity index (χ0v) is 8.10. The van der Waals surface area contributed by atoms with E-state index in [0.29, 0.717) is 6.07 Å². The second-order valence-corrected chi connectivity index (χ2v) is 2.99. The number of rotatable bonds is 2. The summed E-state index contributed by atoms with van der Waals surface area (Å²) in [6.07, 6.45) is 0. The number of nitrogens with one attached hydrogen (secondary N) is 1. The lowest BCUT2D eigenvalue weighted by Crippen LogP contribution is -2.14. The number of nitrogen functional groups attached to an aromatic ring is 1. The fraction of sp³-hybridized carbons (Fsp3) is 0.222. The maximum Gasteiger partial charge on any atom is 0.221 e. The van der Waals surface area contributed by atoms with Crippen LogP contribution in [-0.4, -0.2) is 5.91 Å². The molecule has 0 heterocycles. The molecule has 4 nitrogen and oxygen atoms in total. The zero-order chi connectivity index (χ0) is 11.6. The Bertz CT molecular complexity index is 407. The van der Waals surface area contributed by atoms with Crippen molar-refractivity contribution in [1.29, 1.82) is 0 Å². The van der Waals surface area contributed by atoms with Crippen LogP contribution in [0.3, 0.4) is 0 Å². The van der Waals surface area contributed by atoms with Crippen LogP contribution in [0.4, 0.5) is 20.2 Å². The summed E-state index contributed by atoms with van der Waals surface area (Å²) in [7, 11) is 0. The lowest BCUT2D eigenvalue weighted by molar-refractivity contribution is -0.114. The molecule has 6 heteroatoms. The van der Waals surface area contributed by atoms with Gasteiger partial charge in [0.25, 0.3) is 0 Å². The van der Waals surface area contributed by atoms with Crippen LogP contribution >= 0.6 is 0 Å². The van der Waals surface area contributed by atoms with E-state index in [1.165, 1.54) is 6.92 Å². The van der Waals surface area contributed by atoms with Crippen LogP contribution in [0.1, 0.15) is 12.5 Å². The van der Waals surface area contributed by atoms with Crippen LogP contribution in [0.15, 0.2) is 6.07 Å². The molecule has 0 spiro atoms. The summed E-state index contributed by atoms with van der Waals surface area (Å²) in [5, 5.41) is 2.22. The van der Waals surface area contributed by atoms with E-state index in [9.17, 15) is 13.6 Å². The Morgan fingerprint density at radius 1 is 1.47 bits per heavy atom. The molecular weight excluding hydrogens is 204 g/mol. The van der Waals surface area contributed by atoms with Crippen molar-refractivity contribution in [1.82, 2.24) is 0 Å². The Morgan fingerprint density at radius 3 is 2.53 bits per heavy atom. The van der Waals surface area contributed by atoms with E-state index in [2.05, 4.69) is 5.32 Å². The second kappa shape index (κ2) is 4.22. The third kappa shape index (κ3) is 2.21. The molecule has 15 heavy (non-hydrogen) atoms. The van der Waals surface area contributed by atoms with Crippen molar-refractivity contribution < 1.29 is 13.6 Å². The molecule has 82 valence electrons. The topological polar surface area (TPSA) is 81.1 Å². The smallest absolute Gasteiger partial charge is 0.221 e. The average Bonchev–Trinajstić information content (AvgIpc) is 2.14. The van der Waals surface area contributed by atoms with E-state index in [1.807, 2.05) is 0 Å². The van der Waals surface area contributed by atoms with Gasteiger partial charge in [0.2, 0.25) is 5.91 Å². The Balaban J connectivity index is 3.35. The summed E-state index contributed by atoms with van der Waals surface area (Å²) >= 11 is 0. The summed E-state index contributed by atoms with van der Waals surface area (Å²) < 4.78 is 26.3. The maximum absolute atomic E-state index is 13.3. The molecule has 0 bridgehead atoms. The van der Waals surface area contributed by atoms with Crippen LogP contribution < -0.4 is 16.8 Å². The average molecular weight is 215 g/mol. The molecule has 0 fully saturated rings. The van der Waals surface area contributed by atoms with Crippen LogP contribution in [0, 0.1) is 11.6 Å². The van der Waals surface area contributed by atoms with Gasteiger partial charge in [-0.25, -0.2) is 8.78 Å². The molecule has 0 atom stereocenters. The summed E-state index contributed by atoms with van der Waals surface area (Å²) in [5.41, 5.74) is 10.3. The van der Waals surface area contributed by atoms with E-state index in [1.54, 1.807) is 0 Å². The number of halogens is 2. The monoisotopic (exact) mass is 215 g/mol. The lowest BCUT2D eigenvalue weighted by atomic mass is 10.1. The maximum atomic E-state index is 13.3. The van der Waals surface area contributed by atoms with E-state index in [4.69, 9.17) is 11.5 Å². The Hall–Kier alpha value is -1.69. The summed E-state index contributed by atoms with van der Waals surface area (Å²) in [6.45, 7) is 1.05. The number of carbonyl (C=O) groups excluding carboxylic acids is 1. The highest BCUT2D eigenvalue weighted by Crippen LogP contribution is 2.27. The number of benzene rings is 1. The number of carbonyl (C=O) groups is 1. The van der Waals surface area contributed by atoms with Gasteiger partial charge in [0.05, 0.1) is 11.4 Å². The fourth-order valence-electron chi connectivity index (χ4n) is 1.21. The predicted octanol–water partition coefficient (Wildman–Crippen LogP) is 0.964. The molecule has 0 unspecified atom stereocenters. The largest absolute Gasteiger partial charge is 0.396 e. The van der Waals surface area contributed by atoms with Gasteiger partial charge in [-0.3, -0.25) is 4.79 Å². The number of hydrogen-bond acceptors (Lipinski definition) is 3. The van der Waals surface area contributed by atoms with E-state index < -0.39 is 17.5 Å². The van der Waals surface area contributed by atoms with Gasteiger partial charge in [0.1, 0.15) is 11.6 Å². The van der Waals surface area contributed by atoms with E-state index in [0.717, 1.165) is 0 Å². The minimum atomic E-state index is -0.891. The second-order valence-electron chi connectivity index (χ2n) is 2.99. The normalized spacial score (nSPS) is 10.1. The minimum absolute atomic E-state index is 0.0581. The van der Waals surface area contributed by atoms with Crippen molar-refractivity contribution in [2.45, 2.75) is 13.5 Å². The van der Waals surface area contributed by atoms with Gasteiger partial charge < -0.3 is 16.8 Å². The molecule has 0 aliphatic heterocycles. The molecular formula is C9H11F2N3O. The quantitative estimate of drug-likeness (QED) is 0.643. The van der Waals surface area contributed by atoms with Gasteiger partial charge in [0.15, 0.2) is 0 Å². The van der Waals surface area contributed by atoms with Gasteiger partial charge in [-0.15, -0.1) is 0 Å². The molecule has 0 saturated carbocycles. The van der Waals surface area contributed by atoms with Crippen LogP contribution in [-0.2, 0) is 11.3 Å². The van der Waals surface area contributed by atoms with Crippen molar-refractivity contribution >= 4 is 17.3 Å². The van der Waals surface area contributed by atoms with Gasteiger partial charge in [-0.05, 0) is 0 Å². The molecule has 0 radical (unpaired) electrons. The third-order valence-corrected chi connectivity index (χ3v) is 1.88. The molecule has 1 aromatic rings. The van der Waals surface area contributed by atoms with Crippen molar-refractivity contribution in [3.63, 3.8) is 0 Å². The molecule has 1 amide bonds. The van der Waals surface area contributed by atoms with Gasteiger partial charge in [-0.2, -0.15) is 0 Å². The highest BCUT2D eigenvalue weighted by molar-refractivity contribution is 5.90. The van der Waals surface area contributed by atoms with Crippen molar-refractivity contribution in [2.75, 3.05) is 11.1 Å². The molecule has 5 N–H and O–H groups in total.